The van der Waals surface area contributed by atoms with Crippen LogP contribution in [0.15, 0.2) is 42.7 Å². The van der Waals surface area contributed by atoms with E-state index in [0.717, 1.165) is 5.56 Å². The number of amides is 1. The lowest BCUT2D eigenvalue weighted by Gasteiger charge is -2.14. The Morgan fingerprint density at radius 3 is 2.94 bits per heavy atom. The minimum Gasteiger partial charge on any atom is -0.493 e. The normalized spacial score (nSPS) is 12.1. The van der Waals surface area contributed by atoms with E-state index in [1.807, 2.05) is 6.07 Å². The zero-order chi connectivity index (χ0) is 23.8. The van der Waals surface area contributed by atoms with Crippen LogP contribution in [0.2, 0.25) is 0 Å². The highest BCUT2D eigenvalue weighted by Gasteiger charge is 2.21. The van der Waals surface area contributed by atoms with Gasteiger partial charge in [0.05, 0.1) is 12.8 Å². The molecular weight excluding hydrogens is 439 g/mol. The van der Waals surface area contributed by atoms with E-state index in [2.05, 4.69) is 15.3 Å². The number of aromatic nitrogens is 3. The van der Waals surface area contributed by atoms with Crippen molar-refractivity contribution in [3.05, 3.63) is 76.5 Å². The number of carbonyl (C=O) groups is 2. The van der Waals surface area contributed by atoms with Crippen LogP contribution in [-0.4, -0.2) is 33.2 Å². The van der Waals surface area contributed by atoms with Crippen molar-refractivity contribution < 1.29 is 18.7 Å². The van der Waals surface area contributed by atoms with Gasteiger partial charge in [0, 0.05) is 47.0 Å². The van der Waals surface area contributed by atoms with Crippen LogP contribution in [0.5, 0.6) is 5.75 Å². The van der Waals surface area contributed by atoms with Gasteiger partial charge in [0.2, 0.25) is 11.9 Å². The van der Waals surface area contributed by atoms with Crippen molar-refractivity contribution in [3.8, 4) is 22.9 Å². The first kappa shape index (κ1) is 21.1. The maximum Gasteiger partial charge on any atom is 0.249 e. The molecule has 1 aliphatic rings. The van der Waals surface area contributed by atoms with E-state index in [4.69, 9.17) is 10.5 Å². The Kier molecular flexibility index (Phi) is 5.14. The van der Waals surface area contributed by atoms with Crippen LogP contribution in [0.1, 0.15) is 37.5 Å². The molecular formula is C24H17FN6O3. The summed E-state index contributed by atoms with van der Waals surface area (Å²) in [6.45, 7) is 0.640. The largest absolute Gasteiger partial charge is 0.493 e. The lowest BCUT2D eigenvalue weighted by molar-refractivity contribution is 0.100. The number of benzene rings is 2. The van der Waals surface area contributed by atoms with Gasteiger partial charge in [-0.05, 0) is 23.8 Å². The Labute approximate surface area is 192 Å². The van der Waals surface area contributed by atoms with Gasteiger partial charge in [0.1, 0.15) is 23.9 Å². The highest BCUT2D eigenvalue weighted by atomic mass is 19.1. The number of fused-ring (bicyclic) bond motifs is 2. The number of anilines is 1. The number of aldehydes is 1. The first-order valence-electron chi connectivity index (χ1n) is 10.3. The van der Waals surface area contributed by atoms with Crippen LogP contribution in [0, 0.1) is 17.1 Å². The fraction of sp³-hybridized carbons (Fsp3) is 0.125. The number of nitriles is 1. The number of ether oxygens (including phenoxy) is 1. The van der Waals surface area contributed by atoms with Crippen LogP contribution >= 0.6 is 0 Å². The number of hydrogen-bond donors (Lipinski definition) is 2. The predicted molar refractivity (Wildman–Crippen MR) is 120 cm³/mol. The number of carbonyl (C=O) groups excluding carboxylic acids is 2. The molecule has 0 unspecified atom stereocenters. The maximum atomic E-state index is 14.5. The van der Waals surface area contributed by atoms with E-state index < -0.39 is 5.91 Å². The quantitative estimate of drug-likeness (QED) is 0.426. The third-order valence-corrected chi connectivity index (χ3v) is 5.70. The Morgan fingerprint density at radius 2 is 2.18 bits per heavy atom. The molecule has 0 spiro atoms. The smallest absolute Gasteiger partial charge is 0.249 e. The molecule has 0 saturated heterocycles. The van der Waals surface area contributed by atoms with Crippen LogP contribution < -0.4 is 15.8 Å². The molecule has 4 aromatic rings. The van der Waals surface area contributed by atoms with E-state index in [9.17, 15) is 19.2 Å². The van der Waals surface area contributed by atoms with Crippen LogP contribution in [0.25, 0.3) is 16.8 Å². The summed E-state index contributed by atoms with van der Waals surface area (Å²) in [6.07, 6.45) is 4.21. The standard InChI is InChI=1S/C24H17FN6O3/c25-20-3-4-21-16(5-6-34-21)18(20)9-28-24-29-10-19(23-30-14(8-26)11-31(23)24)15-2-1-13(12-32)7-17(15)22(27)33/h1-4,7,10-12H,5-6,9H2,(H2,27,33)(H,28,29). The minimum atomic E-state index is -0.721. The number of imidazole rings is 1. The highest BCUT2D eigenvalue weighted by Crippen LogP contribution is 2.32. The van der Waals surface area contributed by atoms with Crippen molar-refractivity contribution >= 4 is 23.8 Å². The Morgan fingerprint density at radius 1 is 1.32 bits per heavy atom. The van der Waals surface area contributed by atoms with E-state index >= 15 is 0 Å². The van der Waals surface area contributed by atoms with Crippen molar-refractivity contribution in [2.24, 2.45) is 5.73 Å². The summed E-state index contributed by atoms with van der Waals surface area (Å²) in [7, 11) is 0. The molecule has 168 valence electrons. The van der Waals surface area contributed by atoms with Gasteiger partial charge in [-0.15, -0.1) is 0 Å². The van der Waals surface area contributed by atoms with Crippen LogP contribution in [-0.2, 0) is 13.0 Å². The number of hydrogen-bond acceptors (Lipinski definition) is 7. The zero-order valence-electron chi connectivity index (χ0n) is 17.7. The molecule has 34 heavy (non-hydrogen) atoms. The maximum absolute atomic E-state index is 14.5. The molecule has 0 fully saturated rings. The summed E-state index contributed by atoms with van der Waals surface area (Å²) in [5.41, 5.74) is 8.58. The molecule has 1 amide bonds. The van der Waals surface area contributed by atoms with Gasteiger partial charge < -0.3 is 15.8 Å². The SMILES string of the molecule is N#Cc1cn2c(NCc3c(F)ccc4c3CCO4)ncc(-c3ccc(C=O)cc3C(N)=O)c2n1. The zero-order valence-corrected chi connectivity index (χ0v) is 17.7. The first-order valence-corrected chi connectivity index (χ1v) is 10.3. The second-order valence-corrected chi connectivity index (χ2v) is 7.67. The third kappa shape index (κ3) is 3.49. The second kappa shape index (κ2) is 8.29. The number of nitrogens with zero attached hydrogens (tertiary/aromatic N) is 4. The fourth-order valence-electron chi connectivity index (χ4n) is 4.10. The van der Waals surface area contributed by atoms with Crippen molar-refractivity contribution in [3.63, 3.8) is 0 Å². The van der Waals surface area contributed by atoms with Gasteiger partial charge in [-0.25, -0.2) is 14.4 Å². The van der Waals surface area contributed by atoms with Gasteiger partial charge in [0.25, 0.3) is 0 Å². The molecule has 0 saturated carbocycles. The molecule has 2 aromatic heterocycles. The van der Waals surface area contributed by atoms with E-state index in [0.29, 0.717) is 58.9 Å². The topological polar surface area (TPSA) is 135 Å². The van der Waals surface area contributed by atoms with Crippen molar-refractivity contribution in [2.75, 3.05) is 11.9 Å². The van der Waals surface area contributed by atoms with Gasteiger partial charge in [-0.2, -0.15) is 5.26 Å². The molecule has 3 heterocycles. The monoisotopic (exact) mass is 456 g/mol. The number of nitrogens with two attached hydrogens (primary N) is 1. The molecule has 1 aliphatic heterocycles. The molecule has 5 rings (SSSR count). The molecule has 10 heteroatoms. The molecule has 0 bridgehead atoms. The Balaban J connectivity index is 1.59. The van der Waals surface area contributed by atoms with Crippen LogP contribution in [0.3, 0.4) is 0 Å². The summed E-state index contributed by atoms with van der Waals surface area (Å²) >= 11 is 0. The van der Waals surface area contributed by atoms with Crippen molar-refractivity contribution in [1.29, 1.82) is 5.26 Å². The van der Waals surface area contributed by atoms with Crippen LogP contribution in [0.4, 0.5) is 10.3 Å². The fourth-order valence-corrected chi connectivity index (χ4v) is 4.10. The summed E-state index contributed by atoms with van der Waals surface area (Å²) in [4.78, 5) is 32.0. The number of nitrogens with one attached hydrogen (secondary N) is 1. The van der Waals surface area contributed by atoms with Gasteiger partial charge >= 0.3 is 0 Å². The molecule has 0 radical (unpaired) electrons. The molecule has 2 aromatic carbocycles. The average molecular weight is 456 g/mol. The van der Waals surface area contributed by atoms with Gasteiger partial charge in [0.15, 0.2) is 11.3 Å². The predicted octanol–water partition coefficient (Wildman–Crippen LogP) is 2.87. The number of rotatable bonds is 6. The summed E-state index contributed by atoms with van der Waals surface area (Å²) in [5, 5.41) is 12.5. The second-order valence-electron chi connectivity index (χ2n) is 7.67. The molecule has 0 aliphatic carbocycles. The molecule has 3 N–H and O–H groups in total. The van der Waals surface area contributed by atoms with E-state index in [-0.39, 0.29) is 23.6 Å². The first-order chi connectivity index (χ1) is 16.5. The van der Waals surface area contributed by atoms with Crippen molar-refractivity contribution in [2.45, 2.75) is 13.0 Å². The highest BCUT2D eigenvalue weighted by molar-refractivity contribution is 6.02. The molecule has 0 atom stereocenters. The lowest BCUT2D eigenvalue weighted by atomic mass is 9.99. The summed E-state index contributed by atoms with van der Waals surface area (Å²) < 4.78 is 21.6. The lowest BCUT2D eigenvalue weighted by Crippen LogP contribution is -2.14. The van der Waals surface area contributed by atoms with Gasteiger partial charge in [-0.3, -0.25) is 14.0 Å². The van der Waals surface area contributed by atoms with Crippen molar-refractivity contribution in [1.82, 2.24) is 14.4 Å². The van der Waals surface area contributed by atoms with E-state index in [1.54, 1.807) is 22.6 Å². The minimum absolute atomic E-state index is 0.123. The van der Waals surface area contributed by atoms with Gasteiger partial charge in [-0.1, -0.05) is 12.1 Å². The Hall–Kier alpha value is -4.78. The number of halogens is 1. The third-order valence-electron chi connectivity index (χ3n) is 5.70. The summed E-state index contributed by atoms with van der Waals surface area (Å²) in [5.74, 6) is -0.0799. The molecule has 9 nitrogen and oxygen atoms in total. The average Bonchev–Trinajstić information content (AvgIpc) is 3.50. The Bertz CT molecular complexity index is 1520. The summed E-state index contributed by atoms with van der Waals surface area (Å²) in [6, 6.07) is 9.50. The number of primary amides is 1. The van der Waals surface area contributed by atoms with E-state index in [1.165, 1.54) is 24.5 Å².